The lowest BCUT2D eigenvalue weighted by atomic mass is 10.0. The molecule has 4 rings (SSSR count). The zero-order valence-electron chi connectivity index (χ0n) is 12.5. The van der Waals surface area contributed by atoms with Gasteiger partial charge in [-0.25, -0.2) is 0 Å². The quantitative estimate of drug-likeness (QED) is 0.385. The molecule has 0 aliphatic heterocycles. The van der Waals surface area contributed by atoms with Crippen molar-refractivity contribution in [3.8, 4) is 11.3 Å². The Labute approximate surface area is 136 Å². The highest BCUT2D eigenvalue weighted by atomic mass is 31.0. The highest BCUT2D eigenvalue weighted by molar-refractivity contribution is 7.15. The van der Waals surface area contributed by atoms with Crippen molar-refractivity contribution in [3.05, 3.63) is 82.5 Å². The molecule has 0 aliphatic carbocycles. The SMILES string of the molecule is O=c1cc(-c2ccc(CP)cc2)oc2ccc3ccccc3c12. The first-order valence-corrected chi connectivity index (χ1v) is 8.33. The molecule has 4 aromatic rings. The van der Waals surface area contributed by atoms with E-state index in [-0.39, 0.29) is 5.43 Å². The van der Waals surface area contributed by atoms with Crippen LogP contribution in [0, 0.1) is 0 Å². The first kappa shape index (κ1) is 14.2. The molecule has 0 N–H and O–H groups in total. The minimum Gasteiger partial charge on any atom is -0.456 e. The lowest BCUT2D eigenvalue weighted by molar-refractivity contribution is 0.619. The summed E-state index contributed by atoms with van der Waals surface area (Å²) in [4.78, 5) is 12.6. The van der Waals surface area contributed by atoms with E-state index in [1.807, 2.05) is 60.7 Å². The molecular formula is C20H15O2P. The van der Waals surface area contributed by atoms with Gasteiger partial charge in [0.1, 0.15) is 11.3 Å². The maximum atomic E-state index is 12.6. The second-order valence-electron chi connectivity index (χ2n) is 5.54. The molecule has 23 heavy (non-hydrogen) atoms. The highest BCUT2D eigenvalue weighted by Gasteiger charge is 2.09. The van der Waals surface area contributed by atoms with Gasteiger partial charge < -0.3 is 4.42 Å². The molecule has 0 aliphatic rings. The van der Waals surface area contributed by atoms with E-state index < -0.39 is 0 Å². The zero-order valence-corrected chi connectivity index (χ0v) is 13.6. The lowest BCUT2D eigenvalue weighted by Gasteiger charge is -2.06. The summed E-state index contributed by atoms with van der Waals surface area (Å²) in [5.74, 6) is 0.605. The predicted molar refractivity (Wildman–Crippen MR) is 98.8 cm³/mol. The lowest BCUT2D eigenvalue weighted by Crippen LogP contribution is -2.01. The van der Waals surface area contributed by atoms with E-state index in [0.717, 1.165) is 22.5 Å². The summed E-state index contributed by atoms with van der Waals surface area (Å²) in [6, 6.07) is 21.4. The Hall–Kier alpha value is -2.44. The predicted octanol–water partition coefficient (Wildman–Crippen LogP) is 4.99. The average Bonchev–Trinajstić information content (AvgIpc) is 2.61. The van der Waals surface area contributed by atoms with Crippen LogP contribution in [0.4, 0.5) is 0 Å². The van der Waals surface area contributed by atoms with Gasteiger partial charge >= 0.3 is 0 Å². The van der Waals surface area contributed by atoms with Crippen LogP contribution in [0.2, 0.25) is 0 Å². The molecule has 0 saturated carbocycles. The second kappa shape index (κ2) is 5.64. The summed E-state index contributed by atoms with van der Waals surface area (Å²) < 4.78 is 6.01. The first-order valence-electron chi connectivity index (χ1n) is 7.51. The van der Waals surface area contributed by atoms with Gasteiger partial charge in [-0.1, -0.05) is 54.6 Å². The third-order valence-electron chi connectivity index (χ3n) is 4.09. The van der Waals surface area contributed by atoms with Crippen molar-refractivity contribution in [2.75, 3.05) is 0 Å². The maximum absolute atomic E-state index is 12.6. The number of fused-ring (bicyclic) bond motifs is 3. The van der Waals surface area contributed by atoms with Crippen LogP contribution in [-0.4, -0.2) is 0 Å². The van der Waals surface area contributed by atoms with Crippen molar-refractivity contribution in [3.63, 3.8) is 0 Å². The summed E-state index contributed by atoms with van der Waals surface area (Å²) in [7, 11) is 2.70. The molecule has 2 nitrogen and oxygen atoms in total. The largest absolute Gasteiger partial charge is 0.456 e. The molecular weight excluding hydrogens is 303 g/mol. The van der Waals surface area contributed by atoms with Crippen molar-refractivity contribution < 1.29 is 4.42 Å². The van der Waals surface area contributed by atoms with E-state index in [1.54, 1.807) is 6.07 Å². The fourth-order valence-electron chi connectivity index (χ4n) is 2.88. The van der Waals surface area contributed by atoms with Crippen LogP contribution >= 0.6 is 9.24 Å². The summed E-state index contributed by atoms with van der Waals surface area (Å²) in [6.45, 7) is 0. The summed E-state index contributed by atoms with van der Waals surface area (Å²) in [5, 5.41) is 2.63. The van der Waals surface area contributed by atoms with Crippen molar-refractivity contribution >= 4 is 31.0 Å². The van der Waals surface area contributed by atoms with Gasteiger partial charge in [0.05, 0.1) is 5.39 Å². The van der Waals surface area contributed by atoms with Crippen molar-refractivity contribution in [1.29, 1.82) is 0 Å². The Bertz CT molecular complexity index is 1060. The minimum atomic E-state index is -0.00632. The molecule has 0 radical (unpaired) electrons. The standard InChI is InChI=1S/C20H15O2P/c21-17-11-19(15-7-5-13(12-23)6-8-15)22-18-10-9-14-3-1-2-4-16(14)20(17)18/h1-11H,12,23H2. The molecule has 1 atom stereocenters. The molecule has 0 saturated heterocycles. The molecule has 0 amide bonds. The van der Waals surface area contributed by atoms with Crippen molar-refractivity contribution in [2.24, 2.45) is 0 Å². The maximum Gasteiger partial charge on any atom is 0.193 e. The van der Waals surface area contributed by atoms with Gasteiger partial charge in [0.2, 0.25) is 0 Å². The molecule has 3 aromatic carbocycles. The smallest absolute Gasteiger partial charge is 0.193 e. The Morgan fingerprint density at radius 2 is 1.70 bits per heavy atom. The number of benzene rings is 3. The molecule has 1 heterocycles. The highest BCUT2D eigenvalue weighted by Crippen LogP contribution is 2.27. The van der Waals surface area contributed by atoms with E-state index in [1.165, 1.54) is 5.56 Å². The van der Waals surface area contributed by atoms with Crippen LogP contribution in [0.15, 0.2) is 75.9 Å². The number of rotatable bonds is 2. The average molecular weight is 318 g/mol. The topological polar surface area (TPSA) is 30.2 Å². The molecule has 0 spiro atoms. The molecule has 0 fully saturated rings. The van der Waals surface area contributed by atoms with Gasteiger partial charge in [0, 0.05) is 11.6 Å². The van der Waals surface area contributed by atoms with Crippen LogP contribution in [0.3, 0.4) is 0 Å². The Morgan fingerprint density at radius 1 is 0.913 bits per heavy atom. The molecule has 3 heteroatoms. The molecule has 1 unspecified atom stereocenters. The Balaban J connectivity index is 1.96. The first-order chi connectivity index (χ1) is 11.3. The van der Waals surface area contributed by atoms with Gasteiger partial charge in [-0.05, 0) is 28.6 Å². The van der Waals surface area contributed by atoms with Crippen LogP contribution in [0.25, 0.3) is 33.1 Å². The normalized spacial score (nSPS) is 11.2. The number of hydrogen-bond donors (Lipinski definition) is 0. The van der Waals surface area contributed by atoms with Crippen molar-refractivity contribution in [1.82, 2.24) is 0 Å². The Morgan fingerprint density at radius 3 is 2.48 bits per heavy atom. The monoisotopic (exact) mass is 318 g/mol. The van der Waals surface area contributed by atoms with Gasteiger partial charge in [-0.2, -0.15) is 0 Å². The van der Waals surface area contributed by atoms with Crippen molar-refractivity contribution in [2.45, 2.75) is 6.16 Å². The van der Waals surface area contributed by atoms with E-state index in [2.05, 4.69) is 9.24 Å². The van der Waals surface area contributed by atoms with Crippen LogP contribution < -0.4 is 5.43 Å². The zero-order chi connectivity index (χ0) is 15.8. The fraction of sp³-hybridized carbons (Fsp3) is 0.0500. The van der Waals surface area contributed by atoms with Gasteiger partial charge in [0.15, 0.2) is 5.43 Å². The minimum absolute atomic E-state index is 0.00632. The van der Waals surface area contributed by atoms with Gasteiger partial charge in [-0.15, -0.1) is 9.24 Å². The molecule has 112 valence electrons. The van der Waals surface area contributed by atoms with Gasteiger partial charge in [-0.3, -0.25) is 4.79 Å². The third-order valence-corrected chi connectivity index (χ3v) is 4.56. The van der Waals surface area contributed by atoms with Crippen LogP contribution in [0.5, 0.6) is 0 Å². The number of hydrogen-bond acceptors (Lipinski definition) is 2. The van der Waals surface area contributed by atoms with E-state index in [4.69, 9.17) is 4.42 Å². The van der Waals surface area contributed by atoms with Crippen LogP contribution in [0.1, 0.15) is 5.56 Å². The van der Waals surface area contributed by atoms with Gasteiger partial charge in [0.25, 0.3) is 0 Å². The molecule has 0 bridgehead atoms. The second-order valence-corrected chi connectivity index (χ2v) is 5.94. The fourth-order valence-corrected chi connectivity index (χ4v) is 3.15. The Kier molecular flexibility index (Phi) is 3.48. The summed E-state index contributed by atoms with van der Waals surface area (Å²) in [5.41, 5.74) is 2.77. The third kappa shape index (κ3) is 2.46. The molecule has 1 aromatic heterocycles. The summed E-state index contributed by atoms with van der Waals surface area (Å²) >= 11 is 0. The van der Waals surface area contributed by atoms with E-state index in [9.17, 15) is 4.79 Å². The van der Waals surface area contributed by atoms with E-state index >= 15 is 0 Å². The van der Waals surface area contributed by atoms with E-state index in [0.29, 0.717) is 16.7 Å². The summed E-state index contributed by atoms with van der Waals surface area (Å²) in [6.07, 6.45) is 0.911. The van der Waals surface area contributed by atoms with Crippen LogP contribution in [-0.2, 0) is 6.16 Å².